The summed E-state index contributed by atoms with van der Waals surface area (Å²) in [6.07, 6.45) is 0.333. The molecule has 9 nitrogen and oxygen atoms in total. The van der Waals surface area contributed by atoms with Crippen LogP contribution in [0.2, 0.25) is 0 Å². The molecule has 3 heterocycles. The van der Waals surface area contributed by atoms with E-state index in [9.17, 15) is 14.0 Å². The number of nitrogens with zero attached hydrogens (tertiary/aromatic N) is 4. The number of hydrogen-bond acceptors (Lipinski definition) is 7. The zero-order valence-corrected chi connectivity index (χ0v) is 18.6. The van der Waals surface area contributed by atoms with Crippen molar-refractivity contribution < 1.29 is 13.9 Å². The van der Waals surface area contributed by atoms with E-state index >= 15 is 0 Å². The first kappa shape index (κ1) is 21.5. The van der Waals surface area contributed by atoms with E-state index < -0.39 is 11.5 Å². The molecule has 11 heteroatoms. The van der Waals surface area contributed by atoms with Crippen LogP contribution < -0.4 is 15.6 Å². The number of benzene rings is 2. The number of hydrogen-bond donors (Lipinski definition) is 2. The standard InChI is InChI=1S/C23H17FN6O3S/c1-33-16-8-2-13(3-9-16)10-19-25-17(11-20(31)26-19)21(32)27-22-28-23-30(29-22)18(12-34-23)14-4-6-15(24)7-5-14/h2-9,11-12H,10H2,1H3,(H,25,26,31)(H,27,29,32). The number of rotatable bonds is 6. The van der Waals surface area contributed by atoms with Crippen molar-refractivity contribution in [3.8, 4) is 17.0 Å². The molecule has 0 spiro atoms. The molecule has 0 saturated heterocycles. The highest BCUT2D eigenvalue weighted by Crippen LogP contribution is 2.26. The van der Waals surface area contributed by atoms with E-state index in [1.807, 2.05) is 17.5 Å². The first-order valence-corrected chi connectivity index (χ1v) is 11.0. The molecule has 0 unspecified atom stereocenters. The first-order chi connectivity index (χ1) is 16.5. The summed E-state index contributed by atoms with van der Waals surface area (Å²) in [4.78, 5) is 36.7. The minimum Gasteiger partial charge on any atom is -0.497 e. The Balaban J connectivity index is 1.36. The van der Waals surface area contributed by atoms with Gasteiger partial charge in [-0.1, -0.05) is 12.1 Å². The highest BCUT2D eigenvalue weighted by atomic mass is 32.1. The van der Waals surface area contributed by atoms with Gasteiger partial charge in [0.05, 0.1) is 12.8 Å². The van der Waals surface area contributed by atoms with E-state index in [4.69, 9.17) is 4.74 Å². The molecule has 1 amide bonds. The molecule has 0 aliphatic rings. The molecular weight excluding hydrogens is 459 g/mol. The van der Waals surface area contributed by atoms with E-state index in [1.54, 1.807) is 35.9 Å². The third-order valence-corrected chi connectivity index (χ3v) is 5.82. The van der Waals surface area contributed by atoms with Gasteiger partial charge in [0.1, 0.15) is 23.1 Å². The van der Waals surface area contributed by atoms with Crippen LogP contribution in [0.3, 0.4) is 0 Å². The second kappa shape index (κ2) is 8.87. The van der Waals surface area contributed by atoms with Gasteiger partial charge < -0.3 is 9.72 Å². The van der Waals surface area contributed by atoms with Gasteiger partial charge in [0, 0.05) is 23.4 Å². The van der Waals surface area contributed by atoms with Crippen molar-refractivity contribution >= 4 is 28.2 Å². The summed E-state index contributed by atoms with van der Waals surface area (Å²) >= 11 is 1.33. The van der Waals surface area contributed by atoms with Gasteiger partial charge in [0.2, 0.25) is 4.96 Å². The molecule has 34 heavy (non-hydrogen) atoms. The van der Waals surface area contributed by atoms with Crippen LogP contribution in [0.5, 0.6) is 5.75 Å². The fourth-order valence-corrected chi connectivity index (χ4v) is 4.19. The predicted octanol–water partition coefficient (Wildman–Crippen LogP) is 3.53. The molecule has 0 bridgehead atoms. The molecule has 170 valence electrons. The van der Waals surface area contributed by atoms with Crippen LogP contribution in [-0.2, 0) is 6.42 Å². The molecule has 2 N–H and O–H groups in total. The molecule has 0 atom stereocenters. The largest absolute Gasteiger partial charge is 0.497 e. The molecule has 2 aromatic carbocycles. The number of halogens is 1. The average molecular weight is 476 g/mol. The fraction of sp³-hybridized carbons (Fsp3) is 0.0870. The number of methoxy groups -OCH3 is 1. The Labute approximate surface area is 195 Å². The minimum atomic E-state index is -0.608. The maximum absolute atomic E-state index is 13.2. The number of fused-ring (bicyclic) bond motifs is 1. The number of nitrogens with one attached hydrogen (secondary N) is 2. The Morgan fingerprint density at radius 1 is 1.15 bits per heavy atom. The van der Waals surface area contributed by atoms with Crippen molar-refractivity contribution in [1.29, 1.82) is 0 Å². The van der Waals surface area contributed by atoms with Crippen molar-refractivity contribution in [3.63, 3.8) is 0 Å². The van der Waals surface area contributed by atoms with Crippen LogP contribution in [0.15, 0.2) is 64.8 Å². The first-order valence-electron chi connectivity index (χ1n) is 10.1. The lowest BCUT2D eigenvalue weighted by Gasteiger charge is -2.05. The lowest BCUT2D eigenvalue weighted by Crippen LogP contribution is -2.21. The van der Waals surface area contributed by atoms with Crippen LogP contribution in [0.4, 0.5) is 10.3 Å². The van der Waals surface area contributed by atoms with E-state index in [0.29, 0.717) is 28.6 Å². The number of H-pyrrole nitrogens is 1. The monoisotopic (exact) mass is 476 g/mol. The maximum Gasteiger partial charge on any atom is 0.276 e. The normalized spacial score (nSPS) is 11.0. The summed E-state index contributed by atoms with van der Waals surface area (Å²) in [5.74, 6) is 0.190. The predicted molar refractivity (Wildman–Crippen MR) is 125 cm³/mol. The van der Waals surface area contributed by atoms with E-state index in [-0.39, 0.29) is 17.5 Å². The van der Waals surface area contributed by atoms with Crippen LogP contribution in [0, 0.1) is 5.82 Å². The number of ether oxygens (including phenoxy) is 1. The summed E-state index contributed by atoms with van der Waals surface area (Å²) < 4.78 is 20.0. The molecule has 3 aromatic heterocycles. The van der Waals surface area contributed by atoms with Gasteiger partial charge in [0.25, 0.3) is 17.4 Å². The number of thiazole rings is 1. The Kier molecular flexibility index (Phi) is 5.60. The highest BCUT2D eigenvalue weighted by Gasteiger charge is 2.16. The Morgan fingerprint density at radius 2 is 1.91 bits per heavy atom. The number of aromatic nitrogens is 5. The fourth-order valence-electron chi connectivity index (χ4n) is 3.36. The molecule has 5 rings (SSSR count). The molecule has 5 aromatic rings. The van der Waals surface area contributed by atoms with Gasteiger partial charge in [0.15, 0.2) is 0 Å². The minimum absolute atomic E-state index is 0.0517. The van der Waals surface area contributed by atoms with Gasteiger partial charge in [-0.05, 0) is 42.0 Å². The van der Waals surface area contributed by atoms with Crippen LogP contribution in [0.1, 0.15) is 21.9 Å². The van der Waals surface area contributed by atoms with E-state index in [1.165, 1.54) is 23.5 Å². The van der Waals surface area contributed by atoms with Gasteiger partial charge in [-0.15, -0.1) is 16.4 Å². The number of anilines is 1. The third-order valence-electron chi connectivity index (χ3n) is 5.00. The summed E-state index contributed by atoms with van der Waals surface area (Å²) in [5.41, 5.74) is 1.87. The van der Waals surface area contributed by atoms with Crippen molar-refractivity contribution in [2.24, 2.45) is 0 Å². The Hall–Kier alpha value is -4.38. The van der Waals surface area contributed by atoms with Crippen LogP contribution in [0.25, 0.3) is 16.2 Å². The maximum atomic E-state index is 13.2. The van der Waals surface area contributed by atoms with Crippen molar-refractivity contribution in [2.45, 2.75) is 6.42 Å². The average Bonchev–Trinajstić information content (AvgIpc) is 3.40. The van der Waals surface area contributed by atoms with Crippen LogP contribution in [-0.4, -0.2) is 37.6 Å². The second-order valence-electron chi connectivity index (χ2n) is 7.31. The van der Waals surface area contributed by atoms with Gasteiger partial charge >= 0.3 is 0 Å². The number of carbonyl (C=O) groups excluding carboxylic acids is 1. The smallest absolute Gasteiger partial charge is 0.276 e. The Morgan fingerprint density at radius 3 is 2.65 bits per heavy atom. The number of amides is 1. The lowest BCUT2D eigenvalue weighted by atomic mass is 10.1. The lowest BCUT2D eigenvalue weighted by molar-refractivity contribution is 0.102. The van der Waals surface area contributed by atoms with Gasteiger partial charge in [-0.25, -0.2) is 13.9 Å². The molecular formula is C23H17FN6O3S. The topological polar surface area (TPSA) is 114 Å². The number of aromatic amines is 1. The summed E-state index contributed by atoms with van der Waals surface area (Å²) in [6.45, 7) is 0. The third kappa shape index (κ3) is 4.41. The highest BCUT2D eigenvalue weighted by molar-refractivity contribution is 7.15. The van der Waals surface area contributed by atoms with E-state index in [2.05, 4.69) is 25.4 Å². The van der Waals surface area contributed by atoms with Crippen molar-refractivity contribution in [2.75, 3.05) is 12.4 Å². The zero-order valence-electron chi connectivity index (χ0n) is 17.8. The second-order valence-corrected chi connectivity index (χ2v) is 8.15. The molecule has 0 aliphatic carbocycles. The quantitative estimate of drug-likeness (QED) is 0.388. The SMILES string of the molecule is COc1ccc(Cc2nc(C(=O)Nc3nc4scc(-c5ccc(F)cc5)n4n3)cc(=O)[nH]2)cc1. The zero-order chi connectivity index (χ0) is 23.7. The van der Waals surface area contributed by atoms with Crippen molar-refractivity contribution in [3.05, 3.63) is 93.2 Å². The Bertz CT molecular complexity index is 1540. The van der Waals surface area contributed by atoms with Gasteiger partial charge in [-0.2, -0.15) is 4.98 Å². The molecule has 0 aliphatic heterocycles. The molecule has 0 radical (unpaired) electrons. The van der Waals surface area contributed by atoms with Crippen LogP contribution >= 0.6 is 11.3 Å². The molecule has 0 saturated carbocycles. The summed E-state index contributed by atoms with van der Waals surface area (Å²) in [5, 5.41) is 8.76. The van der Waals surface area contributed by atoms with Crippen molar-refractivity contribution in [1.82, 2.24) is 24.6 Å². The summed E-state index contributed by atoms with van der Waals surface area (Å²) in [6, 6.07) is 14.4. The van der Waals surface area contributed by atoms with E-state index in [0.717, 1.165) is 17.2 Å². The summed E-state index contributed by atoms with van der Waals surface area (Å²) in [7, 11) is 1.58. The number of carbonyl (C=O) groups is 1. The molecule has 0 fully saturated rings. The van der Waals surface area contributed by atoms with Gasteiger partial charge in [-0.3, -0.25) is 14.9 Å².